The Kier molecular flexibility index (Phi) is 8.45. The lowest BCUT2D eigenvalue weighted by molar-refractivity contribution is 0.191. The number of nitrogens with one attached hydrogen (secondary N) is 1. The average molecular weight is 502 g/mol. The number of hydrogen-bond donors (Lipinski definition) is 1. The molecule has 0 radical (unpaired) electrons. The van der Waals surface area contributed by atoms with Crippen LogP contribution in [-0.2, 0) is 13.0 Å². The Labute approximate surface area is 221 Å². The lowest BCUT2D eigenvalue weighted by Crippen LogP contribution is -2.28. The van der Waals surface area contributed by atoms with Crippen LogP contribution in [0.3, 0.4) is 0 Å². The molecule has 0 fully saturated rings. The summed E-state index contributed by atoms with van der Waals surface area (Å²) in [5, 5.41) is 3.64. The second-order valence-electron chi connectivity index (χ2n) is 10.7. The Balaban J connectivity index is 1.57. The summed E-state index contributed by atoms with van der Waals surface area (Å²) in [6, 6.07) is 18.6. The maximum Gasteiger partial charge on any atom is 0.161 e. The molecular weight excluding hydrogens is 462 g/mol. The molecule has 1 atom stereocenters. The number of benzene rings is 3. The van der Waals surface area contributed by atoms with Gasteiger partial charge in [-0.1, -0.05) is 63.3 Å². The normalized spacial score (nSPS) is 15.4. The summed E-state index contributed by atoms with van der Waals surface area (Å²) in [7, 11) is 3.38. The fourth-order valence-electron chi connectivity index (χ4n) is 4.40. The van der Waals surface area contributed by atoms with Crippen molar-refractivity contribution in [2.75, 3.05) is 27.4 Å². The molecule has 3 aromatic carbocycles. The van der Waals surface area contributed by atoms with Crippen molar-refractivity contribution in [2.45, 2.75) is 46.8 Å². The van der Waals surface area contributed by atoms with Gasteiger partial charge in [-0.3, -0.25) is 0 Å². The third kappa shape index (κ3) is 6.86. The maximum atomic E-state index is 6.15. The van der Waals surface area contributed by atoms with Crippen LogP contribution in [0, 0.1) is 12.3 Å². The highest BCUT2D eigenvalue weighted by molar-refractivity contribution is 5.61. The predicted molar refractivity (Wildman–Crippen MR) is 150 cm³/mol. The van der Waals surface area contributed by atoms with Crippen LogP contribution in [-0.4, -0.2) is 27.4 Å². The Morgan fingerprint density at radius 1 is 0.892 bits per heavy atom. The standard InChI is InChI=1S/C32H39NO4/c1-22-16-28(34-5)31(37-21-32(2,3)4)17-24(22)12-13-27-26-19-29(35-6)30(18-25(26)14-15-33-27)36-20-23-10-8-7-9-11-23/h7-13,16-19,27,33H,14-15,20-21H2,1-6H3. The van der Waals surface area contributed by atoms with Crippen LogP contribution < -0.4 is 24.3 Å². The number of methoxy groups -OCH3 is 2. The second-order valence-corrected chi connectivity index (χ2v) is 10.7. The molecule has 0 saturated carbocycles. The summed E-state index contributed by atoms with van der Waals surface area (Å²) >= 11 is 0. The predicted octanol–water partition coefficient (Wildman–Crippen LogP) is 6.92. The molecule has 37 heavy (non-hydrogen) atoms. The largest absolute Gasteiger partial charge is 0.493 e. The van der Waals surface area contributed by atoms with Crippen molar-refractivity contribution in [1.29, 1.82) is 0 Å². The van der Waals surface area contributed by atoms with Gasteiger partial charge in [0.2, 0.25) is 0 Å². The quantitative estimate of drug-likeness (QED) is 0.345. The van der Waals surface area contributed by atoms with Gasteiger partial charge >= 0.3 is 0 Å². The molecule has 0 spiro atoms. The fourth-order valence-corrected chi connectivity index (χ4v) is 4.40. The molecule has 0 saturated heterocycles. The lowest BCUT2D eigenvalue weighted by Gasteiger charge is -2.26. The minimum Gasteiger partial charge on any atom is -0.493 e. The fraction of sp³-hybridized carbons (Fsp3) is 0.375. The van der Waals surface area contributed by atoms with Gasteiger partial charge in [0.1, 0.15) is 6.61 Å². The minimum atomic E-state index is 0.0599. The van der Waals surface area contributed by atoms with Gasteiger partial charge in [0.15, 0.2) is 23.0 Å². The van der Waals surface area contributed by atoms with E-state index in [9.17, 15) is 0 Å². The van der Waals surface area contributed by atoms with Gasteiger partial charge in [0.25, 0.3) is 0 Å². The Morgan fingerprint density at radius 2 is 1.59 bits per heavy atom. The monoisotopic (exact) mass is 501 g/mol. The summed E-state index contributed by atoms with van der Waals surface area (Å²) < 4.78 is 23.6. The van der Waals surface area contributed by atoms with Gasteiger partial charge in [-0.25, -0.2) is 0 Å². The van der Waals surface area contributed by atoms with Crippen LogP contribution in [0.15, 0.2) is 60.7 Å². The van der Waals surface area contributed by atoms with E-state index in [1.165, 1.54) is 11.1 Å². The van der Waals surface area contributed by atoms with E-state index in [4.69, 9.17) is 18.9 Å². The molecule has 1 heterocycles. The van der Waals surface area contributed by atoms with Gasteiger partial charge in [-0.15, -0.1) is 0 Å². The highest BCUT2D eigenvalue weighted by atomic mass is 16.5. The molecule has 0 bridgehead atoms. The highest BCUT2D eigenvalue weighted by Crippen LogP contribution is 2.37. The van der Waals surface area contributed by atoms with Crippen LogP contribution in [0.4, 0.5) is 0 Å². The molecule has 1 aliphatic rings. The average Bonchev–Trinajstić information content (AvgIpc) is 2.89. The molecule has 0 amide bonds. The van der Waals surface area contributed by atoms with E-state index in [1.807, 2.05) is 24.3 Å². The van der Waals surface area contributed by atoms with Crippen molar-refractivity contribution in [2.24, 2.45) is 5.41 Å². The number of ether oxygens (including phenoxy) is 4. The molecule has 4 rings (SSSR count). The Bertz CT molecular complexity index is 1230. The van der Waals surface area contributed by atoms with E-state index >= 15 is 0 Å². The first-order valence-corrected chi connectivity index (χ1v) is 12.9. The molecule has 5 nitrogen and oxygen atoms in total. The van der Waals surface area contributed by atoms with Crippen LogP contribution in [0.2, 0.25) is 0 Å². The highest BCUT2D eigenvalue weighted by Gasteiger charge is 2.21. The Hall–Kier alpha value is -3.44. The van der Waals surface area contributed by atoms with E-state index in [0.717, 1.165) is 52.7 Å². The minimum absolute atomic E-state index is 0.0599. The number of rotatable bonds is 9. The first-order valence-electron chi connectivity index (χ1n) is 12.9. The zero-order valence-corrected chi connectivity index (χ0v) is 22.9. The van der Waals surface area contributed by atoms with E-state index in [2.05, 4.69) is 75.5 Å². The van der Waals surface area contributed by atoms with E-state index in [1.54, 1.807) is 14.2 Å². The number of hydrogen-bond acceptors (Lipinski definition) is 5. The first kappa shape index (κ1) is 26.6. The van der Waals surface area contributed by atoms with E-state index in [0.29, 0.717) is 13.2 Å². The molecule has 3 aromatic rings. The van der Waals surface area contributed by atoms with Gasteiger partial charge in [0.05, 0.1) is 26.9 Å². The zero-order valence-electron chi connectivity index (χ0n) is 22.9. The Morgan fingerprint density at radius 3 is 2.30 bits per heavy atom. The molecule has 5 heteroatoms. The topological polar surface area (TPSA) is 49.0 Å². The van der Waals surface area contributed by atoms with Crippen molar-refractivity contribution in [1.82, 2.24) is 5.32 Å². The third-order valence-electron chi connectivity index (χ3n) is 6.44. The van der Waals surface area contributed by atoms with Crippen LogP contribution >= 0.6 is 0 Å². The zero-order chi connectivity index (χ0) is 26.4. The number of fused-ring (bicyclic) bond motifs is 1. The van der Waals surface area contributed by atoms with E-state index in [-0.39, 0.29) is 11.5 Å². The third-order valence-corrected chi connectivity index (χ3v) is 6.44. The van der Waals surface area contributed by atoms with Crippen LogP contribution in [0.1, 0.15) is 54.6 Å². The summed E-state index contributed by atoms with van der Waals surface area (Å²) in [6.45, 7) is 10.6. The lowest BCUT2D eigenvalue weighted by atomic mass is 9.92. The molecule has 1 aliphatic heterocycles. The molecule has 196 valence electrons. The molecule has 0 aliphatic carbocycles. The maximum absolute atomic E-state index is 6.15. The summed E-state index contributed by atoms with van der Waals surface area (Å²) in [6.07, 6.45) is 5.32. The van der Waals surface area contributed by atoms with Crippen molar-refractivity contribution >= 4 is 6.08 Å². The molecule has 1 unspecified atom stereocenters. The van der Waals surface area contributed by atoms with Gasteiger partial charge in [0, 0.05) is 6.54 Å². The number of aryl methyl sites for hydroxylation is 1. The molecular formula is C32H39NO4. The molecule has 1 N–H and O–H groups in total. The second kappa shape index (κ2) is 11.7. The van der Waals surface area contributed by atoms with Crippen molar-refractivity contribution in [3.63, 3.8) is 0 Å². The SMILES string of the molecule is COc1cc2c(cc1OCc1ccccc1)CCNC2C=Cc1cc(OCC(C)(C)C)c(OC)cc1C. The van der Waals surface area contributed by atoms with Crippen LogP contribution in [0.5, 0.6) is 23.0 Å². The van der Waals surface area contributed by atoms with Gasteiger partial charge in [-0.05, 0) is 70.8 Å². The summed E-state index contributed by atoms with van der Waals surface area (Å²) in [4.78, 5) is 0. The van der Waals surface area contributed by atoms with Crippen molar-refractivity contribution in [3.05, 3.63) is 88.5 Å². The first-order chi connectivity index (χ1) is 17.8. The van der Waals surface area contributed by atoms with Crippen molar-refractivity contribution in [3.8, 4) is 23.0 Å². The van der Waals surface area contributed by atoms with Crippen molar-refractivity contribution < 1.29 is 18.9 Å². The summed E-state index contributed by atoms with van der Waals surface area (Å²) in [5.41, 5.74) is 5.91. The van der Waals surface area contributed by atoms with Gasteiger partial charge < -0.3 is 24.3 Å². The summed E-state index contributed by atoms with van der Waals surface area (Å²) in [5.74, 6) is 3.05. The van der Waals surface area contributed by atoms with E-state index < -0.39 is 0 Å². The smallest absolute Gasteiger partial charge is 0.161 e. The molecule has 0 aromatic heterocycles. The van der Waals surface area contributed by atoms with Crippen LogP contribution in [0.25, 0.3) is 6.08 Å². The van der Waals surface area contributed by atoms with Gasteiger partial charge in [-0.2, -0.15) is 0 Å².